The highest BCUT2D eigenvalue weighted by atomic mass is 35.5. The van der Waals surface area contributed by atoms with E-state index < -0.39 is 0 Å². The third-order valence-corrected chi connectivity index (χ3v) is 3.58. The number of ether oxygens (including phenoxy) is 1. The molecule has 19 heavy (non-hydrogen) atoms. The number of halogens is 1. The van der Waals surface area contributed by atoms with Gasteiger partial charge in [0, 0.05) is 10.6 Å². The molecule has 0 saturated heterocycles. The average Bonchev–Trinajstić information content (AvgIpc) is 2.81. The van der Waals surface area contributed by atoms with Crippen molar-refractivity contribution in [1.82, 2.24) is 5.32 Å². The minimum Gasteiger partial charge on any atom is -0.489 e. The normalized spacial score (nSPS) is 10.7. The summed E-state index contributed by atoms with van der Waals surface area (Å²) in [7, 11) is 1.89. The van der Waals surface area contributed by atoms with Crippen molar-refractivity contribution < 1.29 is 9.15 Å². The van der Waals surface area contributed by atoms with E-state index in [9.17, 15) is 0 Å². The molecule has 1 N–H and O–H groups in total. The Bertz CT molecular complexity index is 540. The molecule has 0 unspecified atom stereocenters. The zero-order valence-corrected chi connectivity index (χ0v) is 12.2. The first-order valence-corrected chi connectivity index (χ1v) is 6.59. The van der Waals surface area contributed by atoms with Gasteiger partial charge in [0.1, 0.15) is 18.1 Å². The van der Waals surface area contributed by atoms with Crippen molar-refractivity contribution in [2.75, 3.05) is 7.05 Å². The Balaban J connectivity index is 2.08. The highest BCUT2D eigenvalue weighted by Gasteiger charge is 2.08. The van der Waals surface area contributed by atoms with Gasteiger partial charge in [0.15, 0.2) is 0 Å². The first kappa shape index (κ1) is 14.0. The van der Waals surface area contributed by atoms with Gasteiger partial charge in [0.05, 0.1) is 12.8 Å². The predicted molar refractivity (Wildman–Crippen MR) is 76.7 cm³/mol. The lowest BCUT2D eigenvalue weighted by Gasteiger charge is -2.10. The van der Waals surface area contributed by atoms with Gasteiger partial charge >= 0.3 is 0 Å². The maximum absolute atomic E-state index is 6.14. The Morgan fingerprint density at radius 1 is 1.26 bits per heavy atom. The van der Waals surface area contributed by atoms with E-state index in [0.717, 1.165) is 33.2 Å². The van der Waals surface area contributed by atoms with Crippen LogP contribution in [-0.4, -0.2) is 7.05 Å². The molecule has 0 aliphatic carbocycles. The van der Waals surface area contributed by atoms with Crippen molar-refractivity contribution in [2.24, 2.45) is 0 Å². The molecule has 1 heterocycles. The molecule has 102 valence electrons. The molecule has 0 amide bonds. The fourth-order valence-electron chi connectivity index (χ4n) is 1.96. The molecule has 1 aromatic heterocycles. The molecule has 0 aliphatic rings. The lowest BCUT2D eigenvalue weighted by Crippen LogP contribution is -2.07. The molecule has 2 rings (SSSR count). The highest BCUT2D eigenvalue weighted by molar-refractivity contribution is 6.32. The zero-order valence-electron chi connectivity index (χ0n) is 11.4. The van der Waals surface area contributed by atoms with Gasteiger partial charge in [-0.2, -0.15) is 0 Å². The molecule has 0 saturated carbocycles. The third kappa shape index (κ3) is 3.31. The minimum absolute atomic E-state index is 0.494. The van der Waals surface area contributed by atoms with Crippen molar-refractivity contribution >= 4 is 11.6 Å². The first-order valence-electron chi connectivity index (χ1n) is 6.21. The fraction of sp³-hybridized carbons (Fsp3) is 0.333. The van der Waals surface area contributed by atoms with Crippen LogP contribution in [0.1, 0.15) is 22.5 Å². The van der Waals surface area contributed by atoms with E-state index in [1.54, 1.807) is 6.26 Å². The van der Waals surface area contributed by atoms with Crippen LogP contribution in [0.3, 0.4) is 0 Å². The second kappa shape index (κ2) is 6.13. The number of furan rings is 1. The number of aryl methyl sites for hydroxylation is 2. The molecular weight excluding hydrogens is 262 g/mol. The standard InChI is InChI=1S/C15H18ClNO2/c1-10-6-13(7-11(2)15(10)16)19-9-12-4-5-18-14(12)8-17-3/h4-7,17H,8-9H2,1-3H3. The summed E-state index contributed by atoms with van der Waals surface area (Å²) in [5.41, 5.74) is 3.11. The lowest BCUT2D eigenvalue weighted by atomic mass is 10.1. The van der Waals surface area contributed by atoms with Crippen LogP contribution in [-0.2, 0) is 13.2 Å². The molecule has 0 fully saturated rings. The molecular formula is C15H18ClNO2. The van der Waals surface area contributed by atoms with Gasteiger partial charge in [0.25, 0.3) is 0 Å². The fourth-order valence-corrected chi connectivity index (χ4v) is 2.07. The van der Waals surface area contributed by atoms with Crippen LogP contribution in [0.15, 0.2) is 28.9 Å². The third-order valence-electron chi connectivity index (χ3n) is 2.98. The molecule has 3 nitrogen and oxygen atoms in total. The van der Waals surface area contributed by atoms with E-state index in [1.807, 2.05) is 39.1 Å². The first-order chi connectivity index (χ1) is 9.11. The SMILES string of the molecule is CNCc1occc1COc1cc(C)c(Cl)c(C)c1. The van der Waals surface area contributed by atoms with Crippen molar-refractivity contribution in [2.45, 2.75) is 27.0 Å². The van der Waals surface area contributed by atoms with E-state index in [2.05, 4.69) is 5.32 Å². The number of rotatable bonds is 5. The van der Waals surface area contributed by atoms with E-state index in [0.29, 0.717) is 13.2 Å². The topological polar surface area (TPSA) is 34.4 Å². The summed E-state index contributed by atoms with van der Waals surface area (Å²) < 4.78 is 11.2. The molecule has 0 radical (unpaired) electrons. The smallest absolute Gasteiger partial charge is 0.124 e. The monoisotopic (exact) mass is 279 g/mol. The van der Waals surface area contributed by atoms with Crippen molar-refractivity contribution in [3.05, 3.63) is 51.9 Å². The van der Waals surface area contributed by atoms with Crippen LogP contribution in [0, 0.1) is 13.8 Å². The second-order valence-electron chi connectivity index (χ2n) is 4.56. The van der Waals surface area contributed by atoms with E-state index in [1.165, 1.54) is 0 Å². The summed E-state index contributed by atoms with van der Waals surface area (Å²) in [5.74, 6) is 1.74. The van der Waals surface area contributed by atoms with E-state index in [4.69, 9.17) is 20.8 Å². The number of benzene rings is 1. The van der Waals surface area contributed by atoms with Crippen LogP contribution in [0.2, 0.25) is 5.02 Å². The van der Waals surface area contributed by atoms with Gasteiger partial charge in [-0.1, -0.05) is 11.6 Å². The van der Waals surface area contributed by atoms with Crippen molar-refractivity contribution in [3.8, 4) is 5.75 Å². The van der Waals surface area contributed by atoms with Gasteiger partial charge in [-0.3, -0.25) is 0 Å². The molecule has 0 aliphatic heterocycles. The Morgan fingerprint density at radius 3 is 2.58 bits per heavy atom. The van der Waals surface area contributed by atoms with Gasteiger partial charge in [-0.15, -0.1) is 0 Å². The van der Waals surface area contributed by atoms with Crippen LogP contribution in [0.25, 0.3) is 0 Å². The number of hydrogen-bond donors (Lipinski definition) is 1. The maximum atomic E-state index is 6.14. The highest BCUT2D eigenvalue weighted by Crippen LogP contribution is 2.26. The summed E-state index contributed by atoms with van der Waals surface area (Å²) in [6.07, 6.45) is 1.68. The molecule has 4 heteroatoms. The lowest BCUT2D eigenvalue weighted by molar-refractivity contribution is 0.301. The quantitative estimate of drug-likeness (QED) is 0.903. The van der Waals surface area contributed by atoms with Crippen molar-refractivity contribution in [3.63, 3.8) is 0 Å². The summed E-state index contributed by atoms with van der Waals surface area (Å²) in [6, 6.07) is 5.84. The van der Waals surface area contributed by atoms with Gasteiger partial charge in [-0.25, -0.2) is 0 Å². The Morgan fingerprint density at radius 2 is 1.95 bits per heavy atom. The average molecular weight is 280 g/mol. The Labute approximate surface area is 118 Å². The molecule has 1 aromatic carbocycles. The van der Waals surface area contributed by atoms with Crippen LogP contribution in [0.5, 0.6) is 5.75 Å². The molecule has 0 atom stereocenters. The predicted octanol–water partition coefficient (Wildman–Crippen LogP) is 3.85. The van der Waals surface area contributed by atoms with E-state index in [-0.39, 0.29) is 0 Å². The summed E-state index contributed by atoms with van der Waals surface area (Å²) in [6.45, 7) is 5.15. The summed E-state index contributed by atoms with van der Waals surface area (Å²) in [5, 5.41) is 3.87. The van der Waals surface area contributed by atoms with Crippen LogP contribution < -0.4 is 10.1 Å². The van der Waals surface area contributed by atoms with Gasteiger partial charge in [0.2, 0.25) is 0 Å². The number of hydrogen-bond acceptors (Lipinski definition) is 3. The maximum Gasteiger partial charge on any atom is 0.124 e. The summed E-state index contributed by atoms with van der Waals surface area (Å²) in [4.78, 5) is 0. The van der Waals surface area contributed by atoms with E-state index >= 15 is 0 Å². The Kier molecular flexibility index (Phi) is 4.51. The molecule has 0 bridgehead atoms. The molecule has 2 aromatic rings. The minimum atomic E-state index is 0.494. The zero-order chi connectivity index (χ0) is 13.8. The second-order valence-corrected chi connectivity index (χ2v) is 4.94. The summed E-state index contributed by atoms with van der Waals surface area (Å²) >= 11 is 6.14. The van der Waals surface area contributed by atoms with Gasteiger partial charge < -0.3 is 14.5 Å². The largest absolute Gasteiger partial charge is 0.489 e. The number of nitrogens with one attached hydrogen (secondary N) is 1. The Hall–Kier alpha value is -1.45. The van der Waals surface area contributed by atoms with Gasteiger partial charge in [-0.05, 0) is 50.2 Å². The van der Waals surface area contributed by atoms with Crippen molar-refractivity contribution in [1.29, 1.82) is 0 Å². The van der Waals surface area contributed by atoms with Crippen LogP contribution in [0.4, 0.5) is 0 Å². The molecule has 0 spiro atoms. The van der Waals surface area contributed by atoms with Crippen LogP contribution >= 0.6 is 11.6 Å².